The molecular formula is C19H29NO5. The van der Waals surface area contributed by atoms with Gasteiger partial charge >= 0.3 is 5.97 Å². The fourth-order valence-electron chi connectivity index (χ4n) is 4.74. The number of ether oxygens (including phenoxy) is 1. The highest BCUT2D eigenvalue weighted by molar-refractivity contribution is 6.02. The molecule has 3 rings (SSSR count). The van der Waals surface area contributed by atoms with Crippen molar-refractivity contribution >= 4 is 11.9 Å². The van der Waals surface area contributed by atoms with Crippen LogP contribution >= 0.6 is 0 Å². The largest absolute Gasteiger partial charge is 0.453 e. The first-order valence-electron chi connectivity index (χ1n) is 9.46. The molecule has 3 N–H and O–H groups in total. The van der Waals surface area contributed by atoms with Crippen molar-refractivity contribution in [2.24, 2.45) is 11.8 Å². The van der Waals surface area contributed by atoms with Crippen LogP contribution in [0.5, 0.6) is 0 Å². The van der Waals surface area contributed by atoms with E-state index in [2.05, 4.69) is 12.2 Å². The third-order valence-corrected chi connectivity index (χ3v) is 6.23. The van der Waals surface area contributed by atoms with Crippen LogP contribution in [-0.2, 0) is 14.3 Å². The third-order valence-electron chi connectivity index (χ3n) is 6.23. The van der Waals surface area contributed by atoms with Crippen LogP contribution in [0, 0.1) is 11.8 Å². The molecule has 0 aromatic carbocycles. The standard InChI is InChI=1S/C19H29NO5/c1-3-4-6-11-13(21)14-16(23)20-19(17(24)25-18(14,19)2)15(22)12-9-7-5-8-10-12/h7,9,12-15,21-22H,3-6,8,10-11H2,1-2H3,(H,20,23)/t12-,13?,14+,15+,18+,19+/m1/s1. The number of rotatable bonds is 7. The van der Waals surface area contributed by atoms with E-state index < -0.39 is 41.1 Å². The van der Waals surface area contributed by atoms with E-state index >= 15 is 0 Å². The fraction of sp³-hybridized carbons (Fsp3) is 0.789. The van der Waals surface area contributed by atoms with E-state index in [9.17, 15) is 19.8 Å². The molecule has 1 aliphatic carbocycles. The Hall–Kier alpha value is -1.40. The summed E-state index contributed by atoms with van der Waals surface area (Å²) in [7, 11) is 0. The van der Waals surface area contributed by atoms with E-state index in [4.69, 9.17) is 4.74 Å². The number of carbonyl (C=O) groups excluding carboxylic acids is 2. The Kier molecular flexibility index (Phi) is 4.95. The Labute approximate surface area is 148 Å². The normalized spacial score (nSPS) is 39.2. The molecule has 2 saturated heterocycles. The van der Waals surface area contributed by atoms with Gasteiger partial charge in [0.25, 0.3) is 0 Å². The lowest BCUT2D eigenvalue weighted by atomic mass is 9.64. The minimum Gasteiger partial charge on any atom is -0.453 e. The summed E-state index contributed by atoms with van der Waals surface area (Å²) < 4.78 is 5.41. The number of hydrogen-bond donors (Lipinski definition) is 3. The molecule has 6 nitrogen and oxygen atoms in total. The van der Waals surface area contributed by atoms with Crippen LogP contribution in [0.1, 0.15) is 58.8 Å². The third kappa shape index (κ3) is 2.61. The Morgan fingerprint density at radius 1 is 1.36 bits per heavy atom. The molecule has 0 aromatic heterocycles. The van der Waals surface area contributed by atoms with Crippen molar-refractivity contribution in [3.05, 3.63) is 12.2 Å². The van der Waals surface area contributed by atoms with Crippen LogP contribution in [-0.4, -0.2) is 45.4 Å². The molecule has 2 aliphatic heterocycles. The molecule has 6 heteroatoms. The van der Waals surface area contributed by atoms with Gasteiger partial charge in [0.15, 0.2) is 5.60 Å². The Morgan fingerprint density at radius 2 is 2.12 bits per heavy atom. The summed E-state index contributed by atoms with van der Waals surface area (Å²) in [6, 6.07) is 0. The van der Waals surface area contributed by atoms with E-state index in [1.165, 1.54) is 0 Å². The first-order valence-corrected chi connectivity index (χ1v) is 9.46. The highest BCUT2D eigenvalue weighted by Crippen LogP contribution is 2.53. The number of aliphatic hydroxyl groups is 2. The molecule has 0 radical (unpaired) electrons. The van der Waals surface area contributed by atoms with Gasteiger partial charge in [-0.3, -0.25) is 4.79 Å². The number of nitrogens with one attached hydrogen (secondary N) is 1. The lowest BCUT2D eigenvalue weighted by molar-refractivity contribution is -0.243. The van der Waals surface area contributed by atoms with Crippen molar-refractivity contribution in [3.8, 4) is 0 Å². The van der Waals surface area contributed by atoms with Gasteiger partial charge in [-0.1, -0.05) is 38.3 Å². The summed E-state index contributed by atoms with van der Waals surface area (Å²) >= 11 is 0. The highest BCUT2D eigenvalue weighted by Gasteiger charge is 2.80. The van der Waals surface area contributed by atoms with E-state index in [1.807, 2.05) is 12.2 Å². The Balaban J connectivity index is 1.84. The SMILES string of the molecule is CCCCCC(O)[C@H]1C(=O)N[C@@]2([C@@H](O)[C@@H]3C=CCCC3)C(=O)O[C@@]12C. The number of esters is 1. The maximum atomic E-state index is 12.6. The predicted octanol–water partition coefficient (Wildman–Crippen LogP) is 1.45. The molecular weight excluding hydrogens is 322 g/mol. The zero-order valence-electron chi connectivity index (χ0n) is 15.0. The molecule has 1 unspecified atom stereocenters. The van der Waals surface area contributed by atoms with E-state index in [0.29, 0.717) is 6.42 Å². The van der Waals surface area contributed by atoms with Crippen molar-refractivity contribution in [3.63, 3.8) is 0 Å². The van der Waals surface area contributed by atoms with Gasteiger partial charge in [-0.05, 0) is 32.6 Å². The second-order valence-electron chi connectivity index (χ2n) is 7.80. The second kappa shape index (κ2) is 6.72. The first kappa shape index (κ1) is 18.4. The van der Waals surface area contributed by atoms with Crippen LogP contribution in [0.25, 0.3) is 0 Å². The monoisotopic (exact) mass is 351 g/mol. The summed E-state index contributed by atoms with van der Waals surface area (Å²) in [6.07, 6.45) is 7.95. The van der Waals surface area contributed by atoms with Gasteiger partial charge in [-0.25, -0.2) is 4.79 Å². The van der Waals surface area contributed by atoms with Crippen molar-refractivity contribution in [1.29, 1.82) is 0 Å². The maximum Gasteiger partial charge on any atom is 0.339 e. The molecule has 2 heterocycles. The molecule has 0 bridgehead atoms. The van der Waals surface area contributed by atoms with Gasteiger partial charge in [0.1, 0.15) is 5.92 Å². The number of amides is 1. The number of aliphatic hydroxyl groups excluding tert-OH is 2. The Bertz CT molecular complexity index is 576. The van der Waals surface area contributed by atoms with Crippen LogP contribution in [0.2, 0.25) is 0 Å². The van der Waals surface area contributed by atoms with Crippen molar-refractivity contribution in [2.45, 2.75) is 82.1 Å². The highest BCUT2D eigenvalue weighted by atomic mass is 16.6. The number of allylic oxidation sites excluding steroid dienone is 1. The van der Waals surface area contributed by atoms with Crippen molar-refractivity contribution < 1.29 is 24.5 Å². The van der Waals surface area contributed by atoms with Gasteiger partial charge in [-0.15, -0.1) is 0 Å². The fourth-order valence-corrected chi connectivity index (χ4v) is 4.74. The molecule has 6 atom stereocenters. The topological polar surface area (TPSA) is 95.9 Å². The lowest BCUT2D eigenvalue weighted by Gasteiger charge is -2.55. The molecule has 140 valence electrons. The van der Waals surface area contributed by atoms with E-state index in [1.54, 1.807) is 6.92 Å². The predicted molar refractivity (Wildman–Crippen MR) is 91.5 cm³/mol. The molecule has 0 aromatic rings. The van der Waals surface area contributed by atoms with Crippen molar-refractivity contribution in [1.82, 2.24) is 5.32 Å². The molecule has 2 fully saturated rings. The van der Waals surface area contributed by atoms with E-state index in [-0.39, 0.29) is 5.92 Å². The first-order chi connectivity index (χ1) is 11.9. The summed E-state index contributed by atoms with van der Waals surface area (Å²) in [5.74, 6) is -2.05. The average Bonchev–Trinajstić information content (AvgIpc) is 2.78. The molecule has 0 spiro atoms. The van der Waals surface area contributed by atoms with Gasteiger partial charge in [0.05, 0.1) is 12.2 Å². The van der Waals surface area contributed by atoms with Gasteiger partial charge in [-0.2, -0.15) is 0 Å². The average molecular weight is 351 g/mol. The minimum absolute atomic E-state index is 0.197. The van der Waals surface area contributed by atoms with Gasteiger partial charge in [0, 0.05) is 5.92 Å². The summed E-state index contributed by atoms with van der Waals surface area (Å²) in [5.41, 5.74) is -2.66. The summed E-state index contributed by atoms with van der Waals surface area (Å²) in [5, 5.41) is 24.3. The molecule has 1 amide bonds. The molecule has 3 aliphatic rings. The second-order valence-corrected chi connectivity index (χ2v) is 7.80. The maximum absolute atomic E-state index is 12.6. The molecule has 25 heavy (non-hydrogen) atoms. The zero-order valence-corrected chi connectivity index (χ0v) is 15.0. The summed E-state index contributed by atoms with van der Waals surface area (Å²) in [6.45, 7) is 3.73. The molecule has 0 saturated carbocycles. The summed E-state index contributed by atoms with van der Waals surface area (Å²) in [4.78, 5) is 25.0. The van der Waals surface area contributed by atoms with Crippen molar-refractivity contribution in [2.75, 3.05) is 0 Å². The quantitative estimate of drug-likeness (QED) is 0.366. The van der Waals surface area contributed by atoms with Crippen LogP contribution in [0.4, 0.5) is 0 Å². The number of carbonyl (C=O) groups is 2. The smallest absolute Gasteiger partial charge is 0.339 e. The van der Waals surface area contributed by atoms with Crippen LogP contribution in [0.15, 0.2) is 12.2 Å². The van der Waals surface area contributed by atoms with Gasteiger partial charge < -0.3 is 20.3 Å². The lowest BCUT2D eigenvalue weighted by Crippen LogP contribution is -2.80. The number of hydrogen-bond acceptors (Lipinski definition) is 5. The number of unbranched alkanes of at least 4 members (excludes halogenated alkanes) is 2. The minimum atomic E-state index is -1.45. The van der Waals surface area contributed by atoms with Gasteiger partial charge in [0.2, 0.25) is 11.4 Å². The number of fused-ring (bicyclic) bond motifs is 1. The van der Waals surface area contributed by atoms with Crippen LogP contribution < -0.4 is 5.32 Å². The van der Waals surface area contributed by atoms with E-state index in [0.717, 1.165) is 38.5 Å². The van der Waals surface area contributed by atoms with Crippen LogP contribution in [0.3, 0.4) is 0 Å². The Morgan fingerprint density at radius 3 is 2.72 bits per heavy atom. The zero-order chi connectivity index (χ0) is 18.2.